The van der Waals surface area contributed by atoms with Crippen molar-refractivity contribution in [1.82, 2.24) is 0 Å². The number of ether oxygens (including phenoxy) is 1. The molecule has 0 aliphatic rings. The van der Waals surface area contributed by atoms with E-state index in [1.54, 1.807) is 7.11 Å². The molecule has 0 aromatic heterocycles. The van der Waals surface area contributed by atoms with Crippen LogP contribution >= 0.6 is 0 Å². The summed E-state index contributed by atoms with van der Waals surface area (Å²) in [5, 5.41) is 0. The van der Waals surface area contributed by atoms with E-state index in [0.717, 1.165) is 19.4 Å². The molecule has 0 N–H and O–H groups in total. The Morgan fingerprint density at radius 1 is 1.57 bits per heavy atom. The molecule has 0 aromatic rings. The number of hydrogen-bond acceptors (Lipinski definition) is 1. The van der Waals surface area contributed by atoms with Gasteiger partial charge in [0.1, 0.15) is 0 Å². The first-order valence-electron chi connectivity index (χ1n) is 2.20. The minimum atomic E-state index is 0. The van der Waals surface area contributed by atoms with Crippen molar-refractivity contribution >= 4 is 0 Å². The third kappa shape index (κ3) is 11.0. The minimum absolute atomic E-state index is 0. The monoisotopic (exact) mass is 176 g/mol. The smallest absolute Gasteiger partial charge is 0.0437 e. The summed E-state index contributed by atoms with van der Waals surface area (Å²) in [5.74, 6) is 0. The molecule has 0 fully saturated rings. The fraction of sp³-hybridized carbons (Fsp3) is 0.800. The van der Waals surface area contributed by atoms with Crippen LogP contribution in [-0.4, -0.2) is 13.7 Å². The van der Waals surface area contributed by atoms with Gasteiger partial charge in [-0.05, 0) is 0 Å². The summed E-state index contributed by atoms with van der Waals surface area (Å²) in [6.45, 7) is 4.49. The molecular weight excluding hydrogens is 165 g/mol. The van der Waals surface area contributed by atoms with Gasteiger partial charge in [0, 0.05) is 46.4 Å². The standard InChI is InChI=1S/C5H11O.Y/c1-3-4-5-6-2;/h1,3-5H2,2H3;/q-1;. The molecule has 0 rings (SSSR count). The van der Waals surface area contributed by atoms with Gasteiger partial charge in [0.2, 0.25) is 0 Å². The molecule has 0 aliphatic heterocycles. The zero-order valence-electron chi connectivity index (χ0n) is 4.81. The molecule has 1 radical (unpaired) electrons. The van der Waals surface area contributed by atoms with E-state index >= 15 is 0 Å². The second-order valence-electron chi connectivity index (χ2n) is 1.20. The van der Waals surface area contributed by atoms with E-state index in [0.29, 0.717) is 0 Å². The molecule has 0 spiro atoms. The van der Waals surface area contributed by atoms with Crippen LogP contribution < -0.4 is 0 Å². The van der Waals surface area contributed by atoms with Crippen molar-refractivity contribution in [1.29, 1.82) is 0 Å². The summed E-state index contributed by atoms with van der Waals surface area (Å²) in [5.41, 5.74) is 0. The van der Waals surface area contributed by atoms with Crippen molar-refractivity contribution < 1.29 is 37.4 Å². The van der Waals surface area contributed by atoms with Crippen LogP contribution in [0.1, 0.15) is 12.8 Å². The van der Waals surface area contributed by atoms with Gasteiger partial charge >= 0.3 is 0 Å². The Morgan fingerprint density at radius 3 is 2.29 bits per heavy atom. The molecule has 2 heteroatoms. The number of unbranched alkanes of at least 4 members (excludes halogenated alkanes) is 1. The van der Waals surface area contributed by atoms with Gasteiger partial charge < -0.3 is 11.7 Å². The third-order valence-electron chi connectivity index (χ3n) is 0.598. The molecule has 0 saturated heterocycles. The predicted octanol–water partition coefficient (Wildman–Crippen LogP) is 1.24. The first kappa shape index (κ1) is 10.9. The van der Waals surface area contributed by atoms with E-state index in [1.165, 1.54) is 0 Å². The second kappa shape index (κ2) is 10.1. The number of hydrogen-bond donors (Lipinski definition) is 0. The predicted molar refractivity (Wildman–Crippen MR) is 26.5 cm³/mol. The Morgan fingerprint density at radius 2 is 2.14 bits per heavy atom. The molecule has 0 atom stereocenters. The summed E-state index contributed by atoms with van der Waals surface area (Å²) >= 11 is 0. The van der Waals surface area contributed by atoms with Crippen LogP contribution in [0, 0.1) is 6.92 Å². The average Bonchev–Trinajstić information content (AvgIpc) is 1.61. The molecule has 0 unspecified atom stereocenters. The molecule has 41 valence electrons. The van der Waals surface area contributed by atoms with E-state index in [1.807, 2.05) is 0 Å². The Kier molecular flexibility index (Phi) is 15.8. The normalized spacial score (nSPS) is 7.71. The number of rotatable bonds is 3. The Labute approximate surface area is 70.7 Å². The van der Waals surface area contributed by atoms with Gasteiger partial charge in [-0.2, -0.15) is 6.42 Å². The van der Waals surface area contributed by atoms with Crippen molar-refractivity contribution in [3.63, 3.8) is 0 Å². The molecule has 0 heterocycles. The van der Waals surface area contributed by atoms with Crippen molar-refractivity contribution in [2.45, 2.75) is 12.8 Å². The Hall–Kier alpha value is 1.06. The fourth-order valence-electron chi connectivity index (χ4n) is 0.246. The van der Waals surface area contributed by atoms with E-state index in [-0.39, 0.29) is 32.7 Å². The van der Waals surface area contributed by atoms with Crippen molar-refractivity contribution in [3.8, 4) is 0 Å². The van der Waals surface area contributed by atoms with Gasteiger partial charge in [-0.1, -0.05) is 6.42 Å². The maximum Gasteiger partial charge on any atom is 0.0437 e. The van der Waals surface area contributed by atoms with Gasteiger partial charge in [-0.3, -0.25) is 0 Å². The Bertz CT molecular complexity index is 20.0. The zero-order valence-corrected chi connectivity index (χ0v) is 7.65. The number of methoxy groups -OCH3 is 1. The van der Waals surface area contributed by atoms with Crippen LogP contribution in [0.15, 0.2) is 0 Å². The maximum absolute atomic E-state index is 4.74. The van der Waals surface area contributed by atoms with E-state index in [9.17, 15) is 0 Å². The molecule has 7 heavy (non-hydrogen) atoms. The average molecular weight is 176 g/mol. The van der Waals surface area contributed by atoms with E-state index in [2.05, 4.69) is 6.92 Å². The van der Waals surface area contributed by atoms with Gasteiger partial charge in [-0.15, -0.1) is 0 Å². The summed E-state index contributed by atoms with van der Waals surface area (Å²) < 4.78 is 4.74. The second-order valence-corrected chi connectivity index (χ2v) is 1.20. The van der Waals surface area contributed by atoms with Crippen molar-refractivity contribution in [2.24, 2.45) is 0 Å². The van der Waals surface area contributed by atoms with Crippen LogP contribution in [0.5, 0.6) is 0 Å². The topological polar surface area (TPSA) is 9.23 Å². The van der Waals surface area contributed by atoms with Crippen LogP contribution in [-0.2, 0) is 37.4 Å². The van der Waals surface area contributed by atoms with E-state index < -0.39 is 0 Å². The SMILES string of the molecule is [CH2-]CCCOC.[Y]. The summed E-state index contributed by atoms with van der Waals surface area (Å²) in [6.07, 6.45) is 2.06. The van der Waals surface area contributed by atoms with Crippen LogP contribution in [0.25, 0.3) is 0 Å². The molecule has 0 aliphatic carbocycles. The first-order chi connectivity index (χ1) is 2.91. The van der Waals surface area contributed by atoms with Gasteiger partial charge in [0.25, 0.3) is 0 Å². The van der Waals surface area contributed by atoms with Gasteiger partial charge in [0.15, 0.2) is 0 Å². The molecule has 1 nitrogen and oxygen atoms in total. The Balaban J connectivity index is 0. The van der Waals surface area contributed by atoms with E-state index in [4.69, 9.17) is 4.74 Å². The van der Waals surface area contributed by atoms with Gasteiger partial charge in [0.05, 0.1) is 0 Å². The summed E-state index contributed by atoms with van der Waals surface area (Å²) in [6, 6.07) is 0. The van der Waals surface area contributed by atoms with Crippen LogP contribution in [0.4, 0.5) is 0 Å². The summed E-state index contributed by atoms with van der Waals surface area (Å²) in [7, 11) is 1.70. The molecule has 0 bridgehead atoms. The van der Waals surface area contributed by atoms with Crippen molar-refractivity contribution in [2.75, 3.05) is 13.7 Å². The van der Waals surface area contributed by atoms with Crippen LogP contribution in [0.3, 0.4) is 0 Å². The molecular formula is C5H11OY-. The first-order valence-corrected chi connectivity index (χ1v) is 2.20. The minimum Gasteiger partial charge on any atom is -0.385 e. The molecule has 0 amide bonds. The van der Waals surface area contributed by atoms with Gasteiger partial charge in [-0.25, -0.2) is 0 Å². The zero-order chi connectivity index (χ0) is 4.83. The largest absolute Gasteiger partial charge is 0.385 e. The summed E-state index contributed by atoms with van der Waals surface area (Å²) in [4.78, 5) is 0. The van der Waals surface area contributed by atoms with Crippen LogP contribution in [0.2, 0.25) is 0 Å². The van der Waals surface area contributed by atoms with Crippen molar-refractivity contribution in [3.05, 3.63) is 6.92 Å². The molecule has 0 saturated carbocycles. The molecule has 0 aromatic carbocycles. The third-order valence-corrected chi connectivity index (χ3v) is 0.598. The maximum atomic E-state index is 4.74. The fourth-order valence-corrected chi connectivity index (χ4v) is 0.246. The quantitative estimate of drug-likeness (QED) is 0.464.